The van der Waals surface area contributed by atoms with Gasteiger partial charge in [-0.3, -0.25) is 0 Å². The Morgan fingerprint density at radius 3 is 2.50 bits per heavy atom. The molecule has 1 unspecified atom stereocenters. The molecular formula is C11H12O3. The predicted molar refractivity (Wildman–Crippen MR) is 52.3 cm³/mol. The summed E-state index contributed by atoms with van der Waals surface area (Å²) in [5, 5.41) is 9.46. The average molecular weight is 192 g/mol. The number of ether oxygens (including phenoxy) is 1. The lowest BCUT2D eigenvalue weighted by Gasteiger charge is -2.11. The molecule has 0 bridgehead atoms. The van der Waals surface area contributed by atoms with Crippen molar-refractivity contribution < 1.29 is 14.6 Å². The van der Waals surface area contributed by atoms with Gasteiger partial charge in [0.15, 0.2) is 0 Å². The molecule has 0 saturated heterocycles. The number of hydrogen-bond acceptors (Lipinski definition) is 3. The van der Waals surface area contributed by atoms with Gasteiger partial charge in [0.1, 0.15) is 0 Å². The second-order valence-electron chi connectivity index (χ2n) is 2.95. The van der Waals surface area contributed by atoms with Gasteiger partial charge in [-0.15, -0.1) is 0 Å². The SMILES string of the molecule is C=C(C)C(=O)OC(O)c1ccccc1. The van der Waals surface area contributed by atoms with Crippen molar-refractivity contribution >= 4 is 5.97 Å². The molecule has 1 atom stereocenters. The fourth-order valence-corrected chi connectivity index (χ4v) is 0.888. The van der Waals surface area contributed by atoms with E-state index < -0.39 is 12.3 Å². The first-order valence-electron chi connectivity index (χ1n) is 4.21. The molecule has 74 valence electrons. The topological polar surface area (TPSA) is 46.5 Å². The Morgan fingerprint density at radius 2 is 2.00 bits per heavy atom. The Bertz CT molecular complexity index is 330. The van der Waals surface area contributed by atoms with E-state index in [2.05, 4.69) is 6.58 Å². The summed E-state index contributed by atoms with van der Waals surface area (Å²) in [6.07, 6.45) is -1.22. The maximum Gasteiger partial charge on any atom is 0.335 e. The number of carbonyl (C=O) groups excluding carboxylic acids is 1. The number of esters is 1. The van der Waals surface area contributed by atoms with E-state index >= 15 is 0 Å². The molecule has 0 aromatic heterocycles. The fourth-order valence-electron chi connectivity index (χ4n) is 0.888. The van der Waals surface area contributed by atoms with E-state index in [4.69, 9.17) is 4.74 Å². The quantitative estimate of drug-likeness (QED) is 0.451. The van der Waals surface area contributed by atoms with E-state index in [0.29, 0.717) is 5.56 Å². The van der Waals surface area contributed by atoms with Crippen molar-refractivity contribution in [1.29, 1.82) is 0 Å². The smallest absolute Gasteiger partial charge is 0.335 e. The third-order valence-electron chi connectivity index (χ3n) is 1.65. The van der Waals surface area contributed by atoms with Gasteiger partial charge >= 0.3 is 5.97 Å². The molecular weight excluding hydrogens is 180 g/mol. The summed E-state index contributed by atoms with van der Waals surface area (Å²) >= 11 is 0. The summed E-state index contributed by atoms with van der Waals surface area (Å²) in [6.45, 7) is 4.94. The molecule has 3 nitrogen and oxygen atoms in total. The number of carbonyl (C=O) groups is 1. The minimum absolute atomic E-state index is 0.264. The molecule has 0 aliphatic carbocycles. The van der Waals surface area contributed by atoms with E-state index in [0.717, 1.165) is 0 Å². The minimum atomic E-state index is -1.22. The molecule has 0 radical (unpaired) electrons. The van der Waals surface area contributed by atoms with Crippen molar-refractivity contribution in [1.82, 2.24) is 0 Å². The lowest BCUT2D eigenvalue weighted by molar-refractivity contribution is -0.164. The maximum absolute atomic E-state index is 11.0. The molecule has 0 saturated carbocycles. The summed E-state index contributed by atoms with van der Waals surface area (Å²) in [6, 6.07) is 8.68. The zero-order valence-electron chi connectivity index (χ0n) is 7.93. The van der Waals surface area contributed by atoms with Gasteiger partial charge in [0.25, 0.3) is 0 Å². The van der Waals surface area contributed by atoms with Crippen molar-refractivity contribution in [3.63, 3.8) is 0 Å². The Kier molecular flexibility index (Phi) is 3.42. The first-order valence-corrected chi connectivity index (χ1v) is 4.21. The van der Waals surface area contributed by atoms with E-state index in [1.807, 2.05) is 6.07 Å². The van der Waals surface area contributed by atoms with Gasteiger partial charge in [0, 0.05) is 11.1 Å². The molecule has 0 fully saturated rings. The van der Waals surface area contributed by atoms with E-state index in [-0.39, 0.29) is 5.57 Å². The monoisotopic (exact) mass is 192 g/mol. The highest BCUT2D eigenvalue weighted by atomic mass is 16.6. The molecule has 0 heterocycles. The van der Waals surface area contributed by atoms with Gasteiger partial charge < -0.3 is 9.84 Å². The maximum atomic E-state index is 11.0. The Morgan fingerprint density at radius 1 is 1.43 bits per heavy atom. The van der Waals surface area contributed by atoms with Crippen LogP contribution in [0.3, 0.4) is 0 Å². The third-order valence-corrected chi connectivity index (χ3v) is 1.65. The molecule has 0 amide bonds. The highest BCUT2D eigenvalue weighted by Gasteiger charge is 2.12. The summed E-state index contributed by atoms with van der Waals surface area (Å²) < 4.78 is 4.71. The van der Waals surface area contributed by atoms with Crippen molar-refractivity contribution in [2.45, 2.75) is 13.2 Å². The standard InChI is InChI=1S/C11H12O3/c1-8(2)10(12)14-11(13)9-6-4-3-5-7-9/h3-7,11,13H,1H2,2H3. The molecule has 0 aliphatic heterocycles. The van der Waals surface area contributed by atoms with Crippen LogP contribution in [0, 0.1) is 0 Å². The molecule has 0 spiro atoms. The van der Waals surface area contributed by atoms with Crippen molar-refractivity contribution in [2.75, 3.05) is 0 Å². The highest BCUT2D eigenvalue weighted by molar-refractivity contribution is 5.87. The minimum Gasteiger partial charge on any atom is -0.428 e. The van der Waals surface area contributed by atoms with Crippen LogP contribution in [0.15, 0.2) is 42.5 Å². The lowest BCUT2D eigenvalue weighted by atomic mass is 10.2. The van der Waals surface area contributed by atoms with Crippen LogP contribution in [0.2, 0.25) is 0 Å². The first-order chi connectivity index (χ1) is 6.61. The molecule has 1 rings (SSSR count). The summed E-state index contributed by atoms with van der Waals surface area (Å²) in [7, 11) is 0. The van der Waals surface area contributed by atoms with Crippen LogP contribution in [-0.2, 0) is 9.53 Å². The Labute approximate surface area is 82.6 Å². The van der Waals surface area contributed by atoms with Crippen LogP contribution in [0.1, 0.15) is 18.8 Å². The van der Waals surface area contributed by atoms with Gasteiger partial charge in [-0.25, -0.2) is 4.79 Å². The number of benzene rings is 1. The van der Waals surface area contributed by atoms with E-state index in [1.165, 1.54) is 6.92 Å². The largest absolute Gasteiger partial charge is 0.428 e. The third kappa shape index (κ3) is 2.71. The second kappa shape index (κ2) is 4.58. The zero-order chi connectivity index (χ0) is 10.6. The number of hydrogen-bond donors (Lipinski definition) is 1. The van der Waals surface area contributed by atoms with Crippen LogP contribution < -0.4 is 0 Å². The highest BCUT2D eigenvalue weighted by Crippen LogP contribution is 2.14. The number of aliphatic hydroxyl groups is 1. The van der Waals surface area contributed by atoms with Crippen molar-refractivity contribution in [3.05, 3.63) is 48.0 Å². The van der Waals surface area contributed by atoms with Gasteiger partial charge in [-0.2, -0.15) is 0 Å². The van der Waals surface area contributed by atoms with Crippen molar-refractivity contribution in [3.8, 4) is 0 Å². The predicted octanol–water partition coefficient (Wildman–Crippen LogP) is 1.80. The molecule has 0 aliphatic rings. The summed E-state index contributed by atoms with van der Waals surface area (Å²) in [4.78, 5) is 11.0. The molecule has 1 N–H and O–H groups in total. The Hall–Kier alpha value is -1.61. The first kappa shape index (κ1) is 10.5. The lowest BCUT2D eigenvalue weighted by Crippen LogP contribution is -2.10. The van der Waals surface area contributed by atoms with Gasteiger partial charge in [-0.05, 0) is 6.92 Å². The zero-order valence-corrected chi connectivity index (χ0v) is 7.93. The number of rotatable bonds is 3. The molecule has 14 heavy (non-hydrogen) atoms. The Balaban J connectivity index is 2.64. The molecule has 1 aromatic carbocycles. The van der Waals surface area contributed by atoms with Crippen LogP contribution in [0.4, 0.5) is 0 Å². The van der Waals surface area contributed by atoms with Gasteiger partial charge in [-0.1, -0.05) is 36.9 Å². The van der Waals surface area contributed by atoms with Crippen molar-refractivity contribution in [2.24, 2.45) is 0 Å². The normalized spacial score (nSPS) is 11.9. The summed E-state index contributed by atoms with van der Waals surface area (Å²) in [5.74, 6) is -0.596. The van der Waals surface area contributed by atoms with Crippen LogP contribution in [0.5, 0.6) is 0 Å². The second-order valence-corrected chi connectivity index (χ2v) is 2.95. The van der Waals surface area contributed by atoms with E-state index in [9.17, 15) is 9.90 Å². The van der Waals surface area contributed by atoms with Gasteiger partial charge in [0.2, 0.25) is 6.29 Å². The van der Waals surface area contributed by atoms with Gasteiger partial charge in [0.05, 0.1) is 0 Å². The fraction of sp³-hybridized carbons (Fsp3) is 0.182. The summed E-state index contributed by atoms with van der Waals surface area (Å²) in [5.41, 5.74) is 0.807. The van der Waals surface area contributed by atoms with E-state index in [1.54, 1.807) is 24.3 Å². The molecule has 3 heteroatoms. The van der Waals surface area contributed by atoms with Crippen LogP contribution >= 0.6 is 0 Å². The van der Waals surface area contributed by atoms with Crippen LogP contribution in [0.25, 0.3) is 0 Å². The van der Waals surface area contributed by atoms with Crippen LogP contribution in [-0.4, -0.2) is 11.1 Å². The number of aliphatic hydroxyl groups excluding tert-OH is 1. The average Bonchev–Trinajstić information content (AvgIpc) is 2.19. The molecule has 1 aromatic rings.